The van der Waals surface area contributed by atoms with Gasteiger partial charge in [0.05, 0.1) is 0 Å². The molecule has 0 aliphatic rings. The average Bonchev–Trinajstić information content (AvgIpc) is 2.79. The first-order valence-corrected chi connectivity index (χ1v) is 11.1. The second-order valence-electron chi connectivity index (χ2n) is 7.71. The number of carboxylic acid groups (broad SMARTS) is 1. The van der Waals surface area contributed by atoms with Gasteiger partial charge in [-0.15, -0.1) is 0 Å². The van der Waals surface area contributed by atoms with Crippen molar-refractivity contribution in [2.45, 2.75) is 52.4 Å². The van der Waals surface area contributed by atoms with E-state index >= 15 is 0 Å². The molecule has 0 radical (unpaired) electrons. The third kappa shape index (κ3) is 7.59. The first kappa shape index (κ1) is 24.2. The number of carbonyl (C=O) groups is 2. The van der Waals surface area contributed by atoms with E-state index in [1.807, 2.05) is 55.5 Å². The SMILES string of the molecule is CCCCCCCNC(=O)N(C)c1cccc(-c2ccc(/C=C(\CC)C(=O)O)cc2)c1. The summed E-state index contributed by atoms with van der Waals surface area (Å²) < 4.78 is 0. The number of carbonyl (C=O) groups excluding carboxylic acids is 1. The maximum absolute atomic E-state index is 12.5. The van der Waals surface area contributed by atoms with Crippen molar-refractivity contribution in [3.05, 3.63) is 59.7 Å². The van der Waals surface area contributed by atoms with Crippen molar-refractivity contribution < 1.29 is 14.7 Å². The largest absolute Gasteiger partial charge is 0.478 e. The van der Waals surface area contributed by atoms with Gasteiger partial charge >= 0.3 is 12.0 Å². The Balaban J connectivity index is 2.02. The van der Waals surface area contributed by atoms with Crippen molar-refractivity contribution >= 4 is 23.8 Å². The molecule has 0 fully saturated rings. The number of carboxylic acids is 1. The van der Waals surface area contributed by atoms with Gasteiger partial charge in [-0.3, -0.25) is 4.90 Å². The average molecular weight is 423 g/mol. The van der Waals surface area contributed by atoms with Crippen molar-refractivity contribution in [3.63, 3.8) is 0 Å². The Bertz CT molecular complexity index is 888. The summed E-state index contributed by atoms with van der Waals surface area (Å²) in [4.78, 5) is 25.3. The molecule has 0 bridgehead atoms. The summed E-state index contributed by atoms with van der Waals surface area (Å²) in [7, 11) is 1.78. The van der Waals surface area contributed by atoms with Gasteiger partial charge in [-0.1, -0.05) is 75.9 Å². The molecule has 2 aromatic carbocycles. The Morgan fingerprint density at radius 1 is 0.968 bits per heavy atom. The zero-order valence-corrected chi connectivity index (χ0v) is 18.9. The van der Waals surface area contributed by atoms with E-state index in [4.69, 9.17) is 0 Å². The molecule has 0 saturated heterocycles. The van der Waals surface area contributed by atoms with Crippen LogP contribution in [0.5, 0.6) is 0 Å². The zero-order chi connectivity index (χ0) is 22.6. The van der Waals surface area contributed by atoms with Gasteiger partial charge < -0.3 is 10.4 Å². The lowest BCUT2D eigenvalue weighted by atomic mass is 10.0. The molecule has 2 amide bonds. The van der Waals surface area contributed by atoms with E-state index in [2.05, 4.69) is 12.2 Å². The second-order valence-corrected chi connectivity index (χ2v) is 7.71. The molecule has 0 aromatic heterocycles. The Morgan fingerprint density at radius 3 is 2.32 bits per heavy atom. The van der Waals surface area contributed by atoms with Crippen LogP contribution in [0.2, 0.25) is 0 Å². The van der Waals surface area contributed by atoms with E-state index in [1.54, 1.807) is 18.0 Å². The molecule has 2 N–H and O–H groups in total. The number of anilines is 1. The van der Waals surface area contributed by atoms with Crippen LogP contribution in [0.3, 0.4) is 0 Å². The van der Waals surface area contributed by atoms with Gasteiger partial charge in [0.2, 0.25) is 0 Å². The van der Waals surface area contributed by atoms with Crippen molar-refractivity contribution in [3.8, 4) is 11.1 Å². The molecule has 0 unspecified atom stereocenters. The van der Waals surface area contributed by atoms with Gasteiger partial charge in [-0.25, -0.2) is 9.59 Å². The maximum Gasteiger partial charge on any atom is 0.331 e. The fourth-order valence-electron chi connectivity index (χ4n) is 3.34. The minimum Gasteiger partial charge on any atom is -0.478 e. The van der Waals surface area contributed by atoms with Crippen molar-refractivity contribution in [1.29, 1.82) is 0 Å². The molecular formula is C26H34N2O3. The van der Waals surface area contributed by atoms with Gasteiger partial charge in [-0.05, 0) is 47.7 Å². The smallest absolute Gasteiger partial charge is 0.331 e. The number of unbranched alkanes of at least 4 members (excludes halogenated alkanes) is 4. The van der Waals surface area contributed by atoms with Crippen LogP contribution in [0.25, 0.3) is 17.2 Å². The Labute approximate surface area is 185 Å². The third-order valence-electron chi connectivity index (χ3n) is 5.34. The van der Waals surface area contributed by atoms with Crippen LogP contribution in [0, 0.1) is 0 Å². The molecule has 31 heavy (non-hydrogen) atoms. The number of nitrogens with zero attached hydrogens (tertiary/aromatic N) is 1. The molecule has 0 aliphatic carbocycles. The molecule has 2 rings (SSSR count). The molecule has 0 spiro atoms. The van der Waals surface area contributed by atoms with Crippen LogP contribution in [0.15, 0.2) is 54.1 Å². The van der Waals surface area contributed by atoms with Crippen LogP contribution in [0.4, 0.5) is 10.5 Å². The maximum atomic E-state index is 12.5. The first-order chi connectivity index (χ1) is 15.0. The third-order valence-corrected chi connectivity index (χ3v) is 5.34. The minimum absolute atomic E-state index is 0.103. The number of hydrogen-bond acceptors (Lipinski definition) is 2. The predicted octanol–water partition coefficient (Wildman–Crippen LogP) is 6.35. The highest BCUT2D eigenvalue weighted by atomic mass is 16.4. The van der Waals surface area contributed by atoms with Gasteiger partial charge in [0.1, 0.15) is 0 Å². The van der Waals surface area contributed by atoms with Gasteiger partial charge in [0, 0.05) is 24.9 Å². The van der Waals surface area contributed by atoms with E-state index in [0.29, 0.717) is 18.5 Å². The van der Waals surface area contributed by atoms with Gasteiger partial charge in [-0.2, -0.15) is 0 Å². The summed E-state index contributed by atoms with van der Waals surface area (Å²) in [6, 6.07) is 15.5. The number of nitrogens with one attached hydrogen (secondary N) is 1. The van der Waals surface area contributed by atoms with E-state index < -0.39 is 5.97 Å². The fraction of sp³-hybridized carbons (Fsp3) is 0.385. The predicted molar refractivity (Wildman–Crippen MR) is 128 cm³/mol. The molecular weight excluding hydrogens is 388 g/mol. The number of benzene rings is 2. The molecule has 0 atom stereocenters. The van der Waals surface area contributed by atoms with Gasteiger partial charge in [0.15, 0.2) is 0 Å². The molecule has 0 aliphatic heterocycles. The first-order valence-electron chi connectivity index (χ1n) is 11.1. The number of hydrogen-bond donors (Lipinski definition) is 2. The van der Waals surface area contributed by atoms with E-state index in [9.17, 15) is 14.7 Å². The minimum atomic E-state index is -0.887. The normalized spacial score (nSPS) is 11.3. The second kappa shape index (κ2) is 12.6. The lowest BCUT2D eigenvalue weighted by Gasteiger charge is -2.19. The Morgan fingerprint density at radius 2 is 1.68 bits per heavy atom. The summed E-state index contributed by atoms with van der Waals surface area (Å²) in [5.41, 5.74) is 4.07. The van der Waals surface area contributed by atoms with Crippen LogP contribution in [-0.2, 0) is 4.79 Å². The van der Waals surface area contributed by atoms with Crippen molar-refractivity contribution in [2.75, 3.05) is 18.5 Å². The number of rotatable bonds is 11. The number of urea groups is 1. The molecule has 5 nitrogen and oxygen atoms in total. The Kier molecular flexibility index (Phi) is 9.82. The summed E-state index contributed by atoms with van der Waals surface area (Å²) in [5.74, 6) is -0.887. The summed E-state index contributed by atoms with van der Waals surface area (Å²) in [6.45, 7) is 4.72. The quantitative estimate of drug-likeness (QED) is 0.327. The highest BCUT2D eigenvalue weighted by molar-refractivity contribution is 5.93. The number of aliphatic carboxylic acids is 1. The highest BCUT2D eigenvalue weighted by Crippen LogP contribution is 2.25. The molecule has 5 heteroatoms. The monoisotopic (exact) mass is 422 g/mol. The van der Waals surface area contributed by atoms with Crippen LogP contribution < -0.4 is 10.2 Å². The van der Waals surface area contributed by atoms with E-state index in [-0.39, 0.29) is 6.03 Å². The molecule has 166 valence electrons. The fourth-order valence-corrected chi connectivity index (χ4v) is 3.34. The lowest BCUT2D eigenvalue weighted by Crippen LogP contribution is -2.37. The Hall–Kier alpha value is -3.08. The van der Waals surface area contributed by atoms with Crippen LogP contribution in [-0.4, -0.2) is 30.7 Å². The molecule has 0 heterocycles. The van der Waals surface area contributed by atoms with Crippen molar-refractivity contribution in [1.82, 2.24) is 5.32 Å². The highest BCUT2D eigenvalue weighted by Gasteiger charge is 2.11. The lowest BCUT2D eigenvalue weighted by molar-refractivity contribution is -0.132. The summed E-state index contributed by atoms with van der Waals surface area (Å²) in [6.07, 6.45) is 8.00. The van der Waals surface area contributed by atoms with Crippen molar-refractivity contribution in [2.24, 2.45) is 0 Å². The topological polar surface area (TPSA) is 69.6 Å². The number of amides is 2. The van der Waals surface area contributed by atoms with Crippen LogP contribution in [0.1, 0.15) is 57.9 Å². The van der Waals surface area contributed by atoms with E-state index in [1.165, 1.54) is 19.3 Å². The molecule has 2 aromatic rings. The summed E-state index contributed by atoms with van der Waals surface area (Å²) in [5, 5.41) is 12.2. The molecule has 0 saturated carbocycles. The van der Waals surface area contributed by atoms with E-state index in [0.717, 1.165) is 35.2 Å². The van der Waals surface area contributed by atoms with Crippen LogP contribution >= 0.6 is 0 Å². The summed E-state index contributed by atoms with van der Waals surface area (Å²) >= 11 is 0. The standard InChI is InChI=1S/C26H34N2O3/c1-4-6-7-8-9-17-27-26(31)28(3)24-12-10-11-23(19-24)22-15-13-20(14-16-22)18-21(5-2)25(29)30/h10-16,18-19H,4-9,17H2,1-3H3,(H,27,31)(H,29,30)/b21-18+. The zero-order valence-electron chi connectivity index (χ0n) is 18.9. The van der Waals surface area contributed by atoms with Gasteiger partial charge in [0.25, 0.3) is 0 Å².